The Labute approximate surface area is 272 Å². The molecule has 1 atom stereocenters. The van der Waals surface area contributed by atoms with E-state index in [1.54, 1.807) is 6.07 Å². The zero-order chi connectivity index (χ0) is 32.2. The number of hydrogen-bond donors (Lipinski definition) is 1. The van der Waals surface area contributed by atoms with Gasteiger partial charge in [-0.1, -0.05) is 25.8 Å². The molecule has 0 spiro atoms. The smallest absolute Gasteiger partial charge is 0.320 e. The van der Waals surface area contributed by atoms with Crippen molar-refractivity contribution in [3.05, 3.63) is 34.9 Å². The summed E-state index contributed by atoms with van der Waals surface area (Å²) in [5.41, 5.74) is 1.71. The molecule has 11 heteroatoms. The first-order chi connectivity index (χ1) is 22.4. The Kier molecular flexibility index (Phi) is 10.4. The lowest BCUT2D eigenvalue weighted by molar-refractivity contribution is -0.128. The molecule has 1 aromatic rings. The van der Waals surface area contributed by atoms with E-state index >= 15 is 0 Å². The summed E-state index contributed by atoms with van der Waals surface area (Å²) >= 11 is 0. The predicted molar refractivity (Wildman–Crippen MR) is 173 cm³/mol. The highest BCUT2D eigenvalue weighted by Gasteiger charge is 2.43. The number of nitrogens with one attached hydrogen (secondary N) is 1. The van der Waals surface area contributed by atoms with Crippen molar-refractivity contribution in [1.29, 1.82) is 0 Å². The minimum Gasteiger partial charge on any atom is -0.325 e. The fourth-order valence-corrected chi connectivity index (χ4v) is 8.55. The molecule has 4 fully saturated rings. The third-order valence-corrected chi connectivity index (χ3v) is 11.2. The lowest BCUT2D eigenvalue weighted by Gasteiger charge is -2.44. The van der Waals surface area contributed by atoms with Crippen molar-refractivity contribution >= 4 is 30.2 Å². The molecule has 1 aromatic carbocycles. The van der Waals surface area contributed by atoms with Gasteiger partial charge in [0.05, 0.1) is 11.1 Å². The van der Waals surface area contributed by atoms with E-state index in [9.17, 15) is 24.0 Å². The van der Waals surface area contributed by atoms with Crippen LogP contribution in [-0.4, -0.2) is 125 Å². The Morgan fingerprint density at radius 2 is 1.35 bits per heavy atom. The molecule has 0 radical (unpaired) electrons. The van der Waals surface area contributed by atoms with Gasteiger partial charge in [-0.25, -0.2) is 4.79 Å². The lowest BCUT2D eigenvalue weighted by atomic mass is 9.86. The van der Waals surface area contributed by atoms with Crippen LogP contribution in [0.2, 0.25) is 0 Å². The van der Waals surface area contributed by atoms with Gasteiger partial charge in [0.25, 0.3) is 11.8 Å². The highest BCUT2D eigenvalue weighted by atomic mass is 16.2. The molecule has 4 saturated heterocycles. The first-order valence-electron chi connectivity index (χ1n) is 17.7. The minimum absolute atomic E-state index is 0.225. The second kappa shape index (κ2) is 14.6. The van der Waals surface area contributed by atoms with Gasteiger partial charge in [0.15, 0.2) is 0 Å². The summed E-state index contributed by atoms with van der Waals surface area (Å²) in [6.07, 6.45) is 11.3. The Hall–Kier alpha value is -3.31. The molecule has 1 N–H and O–H groups in total. The lowest BCUT2D eigenvalue weighted by Crippen LogP contribution is -2.54. The number of benzene rings is 1. The zero-order valence-corrected chi connectivity index (χ0v) is 27.3. The first-order valence-corrected chi connectivity index (χ1v) is 17.7. The summed E-state index contributed by atoms with van der Waals surface area (Å²) < 4.78 is 0. The largest absolute Gasteiger partial charge is 0.325 e. The summed E-state index contributed by atoms with van der Waals surface area (Å²) in [5, 5.41) is 2.11. The van der Waals surface area contributed by atoms with Crippen LogP contribution in [0.15, 0.2) is 18.2 Å². The Morgan fingerprint density at radius 1 is 0.783 bits per heavy atom. The average Bonchev–Trinajstić information content (AvgIpc) is 3.35. The fraction of sp³-hybridized carbons (Fsp3) is 0.686. The summed E-state index contributed by atoms with van der Waals surface area (Å²) in [6, 6.07) is 5.86. The molecular formula is C35H50N6O5. The Morgan fingerprint density at radius 3 is 1.91 bits per heavy atom. The number of urea groups is 1. The van der Waals surface area contributed by atoms with Crippen LogP contribution in [-0.2, 0) is 9.59 Å². The number of carbonyl (C=O) groups is 5. The maximum absolute atomic E-state index is 13.4. The first kappa shape index (κ1) is 32.6. The van der Waals surface area contributed by atoms with Gasteiger partial charge in [-0.2, -0.15) is 0 Å². The Bertz CT molecular complexity index is 1290. The molecule has 0 aromatic heterocycles. The third-order valence-electron chi connectivity index (χ3n) is 11.2. The van der Waals surface area contributed by atoms with Crippen LogP contribution in [0.1, 0.15) is 110 Å². The van der Waals surface area contributed by atoms with Crippen LogP contribution in [0, 0.1) is 0 Å². The summed E-state index contributed by atoms with van der Waals surface area (Å²) in [5.74, 6) is -1.29. The maximum Gasteiger partial charge on any atom is 0.320 e. The van der Waals surface area contributed by atoms with Gasteiger partial charge in [-0.05, 0) is 108 Å². The molecule has 5 aliphatic rings. The van der Waals surface area contributed by atoms with E-state index in [4.69, 9.17) is 0 Å². The molecule has 5 heterocycles. The van der Waals surface area contributed by atoms with E-state index in [-0.39, 0.29) is 18.4 Å². The van der Waals surface area contributed by atoms with Crippen LogP contribution >= 0.6 is 0 Å². The maximum atomic E-state index is 13.4. The molecule has 11 nitrogen and oxygen atoms in total. The van der Waals surface area contributed by atoms with Gasteiger partial charge in [-0.15, -0.1) is 0 Å². The number of amides is 6. The third kappa shape index (κ3) is 6.72. The summed E-state index contributed by atoms with van der Waals surface area (Å²) in [4.78, 5) is 73.7. The number of hydrogen-bond acceptors (Lipinski definition) is 7. The van der Waals surface area contributed by atoms with Crippen molar-refractivity contribution in [1.82, 2.24) is 29.8 Å². The van der Waals surface area contributed by atoms with Crippen LogP contribution in [0.3, 0.4) is 0 Å². The van der Waals surface area contributed by atoms with Crippen molar-refractivity contribution in [2.24, 2.45) is 0 Å². The second-order valence-corrected chi connectivity index (χ2v) is 13.8. The molecule has 1 unspecified atom stereocenters. The topological polar surface area (TPSA) is 114 Å². The van der Waals surface area contributed by atoms with E-state index in [0.717, 1.165) is 88.3 Å². The quantitative estimate of drug-likeness (QED) is 0.344. The van der Waals surface area contributed by atoms with Crippen molar-refractivity contribution in [3.63, 3.8) is 0 Å². The number of rotatable bonds is 8. The molecular weight excluding hydrogens is 584 g/mol. The molecule has 46 heavy (non-hydrogen) atoms. The summed E-state index contributed by atoms with van der Waals surface area (Å²) in [6.45, 7) is 9.63. The van der Waals surface area contributed by atoms with Crippen LogP contribution in [0.4, 0.5) is 4.79 Å². The van der Waals surface area contributed by atoms with Gasteiger partial charge in [0.2, 0.25) is 12.3 Å². The molecule has 6 rings (SSSR count). The van der Waals surface area contributed by atoms with Crippen LogP contribution in [0.25, 0.3) is 0 Å². The minimum atomic E-state index is -1.01. The van der Waals surface area contributed by atoms with Gasteiger partial charge in [-0.3, -0.25) is 29.4 Å². The van der Waals surface area contributed by atoms with E-state index in [2.05, 4.69) is 24.9 Å². The molecule has 0 saturated carbocycles. The van der Waals surface area contributed by atoms with E-state index in [1.807, 2.05) is 19.1 Å². The van der Waals surface area contributed by atoms with Crippen molar-refractivity contribution in [2.75, 3.05) is 52.4 Å². The molecule has 0 bridgehead atoms. The van der Waals surface area contributed by atoms with Gasteiger partial charge >= 0.3 is 6.03 Å². The molecule has 0 aliphatic carbocycles. The van der Waals surface area contributed by atoms with Crippen molar-refractivity contribution in [2.45, 2.75) is 102 Å². The number of carbonyl (C=O) groups excluding carboxylic acids is 5. The molecule has 6 amide bonds. The van der Waals surface area contributed by atoms with Crippen molar-refractivity contribution < 1.29 is 24.0 Å². The monoisotopic (exact) mass is 634 g/mol. The Balaban J connectivity index is 0.978. The van der Waals surface area contributed by atoms with E-state index in [0.29, 0.717) is 36.1 Å². The number of imide groups is 2. The van der Waals surface area contributed by atoms with E-state index in [1.165, 1.54) is 32.4 Å². The van der Waals surface area contributed by atoms with Crippen LogP contribution < -0.4 is 5.32 Å². The highest BCUT2D eigenvalue weighted by molar-refractivity contribution is 6.23. The number of likely N-dealkylation sites (tertiary alicyclic amines) is 4. The second-order valence-electron chi connectivity index (χ2n) is 13.8. The fourth-order valence-electron chi connectivity index (χ4n) is 8.55. The highest BCUT2D eigenvalue weighted by Crippen LogP contribution is 2.35. The number of piperidine rings is 4. The van der Waals surface area contributed by atoms with Crippen molar-refractivity contribution in [3.8, 4) is 0 Å². The van der Waals surface area contributed by atoms with E-state index < -0.39 is 23.8 Å². The zero-order valence-electron chi connectivity index (χ0n) is 27.3. The van der Waals surface area contributed by atoms with Gasteiger partial charge in [0.1, 0.15) is 6.04 Å². The van der Waals surface area contributed by atoms with Gasteiger partial charge < -0.3 is 19.6 Å². The van der Waals surface area contributed by atoms with Gasteiger partial charge in [0, 0.05) is 38.3 Å². The number of fused-ring (bicyclic) bond motifs is 1. The predicted octanol–water partition coefficient (Wildman–Crippen LogP) is 3.44. The average molecular weight is 635 g/mol. The summed E-state index contributed by atoms with van der Waals surface area (Å²) in [7, 11) is 0. The standard InChI is InChI=1S/C35H50N6O5/c1-2-6-31(32(43)36-24-42)41-33(44)29-8-7-26(23-30(29)34(41)45)25-9-17-38(18-10-25)28-13-21-40(22-14-28)35(46)39-19-11-27(12-20-39)37-15-4-3-5-16-37/h7-8,23-25,27-28,31H,2-6,9-22H2,1H3,(H,36,42,43). The van der Waals surface area contributed by atoms with Crippen LogP contribution in [0.5, 0.6) is 0 Å². The number of nitrogens with zero attached hydrogens (tertiary/aromatic N) is 5. The normalized spacial score (nSPS) is 23.5. The SMILES string of the molecule is CCCC(C(=O)NC=O)N1C(=O)c2ccc(C3CCN(C4CCN(C(=O)N5CCC(N6CCCCC6)CC5)CC4)CC3)cc2C1=O. The molecule has 250 valence electrons. The molecule has 5 aliphatic heterocycles.